The first-order chi connectivity index (χ1) is 13.7. The van der Waals surface area contributed by atoms with E-state index >= 15 is 0 Å². The molecule has 2 aliphatic heterocycles. The zero-order valence-corrected chi connectivity index (χ0v) is 16.7. The molecule has 156 valence electrons. The maximum absolute atomic E-state index is 14.5. The summed E-state index contributed by atoms with van der Waals surface area (Å²) in [6.07, 6.45) is 1.21. The van der Waals surface area contributed by atoms with E-state index in [9.17, 15) is 22.8 Å². The van der Waals surface area contributed by atoms with Gasteiger partial charge in [-0.05, 0) is 32.8 Å². The molecule has 1 saturated heterocycles. The van der Waals surface area contributed by atoms with Crippen molar-refractivity contribution in [2.24, 2.45) is 0 Å². The molecular formula is C19H20F3N3O3S. The van der Waals surface area contributed by atoms with Crippen LogP contribution in [-0.4, -0.2) is 33.6 Å². The zero-order valence-electron chi connectivity index (χ0n) is 15.9. The van der Waals surface area contributed by atoms with Crippen LogP contribution < -0.4 is 10.9 Å². The molecule has 4 rings (SSSR count). The largest absolute Gasteiger partial charge is 0.375 e. The first-order valence-corrected chi connectivity index (χ1v) is 10.3. The van der Waals surface area contributed by atoms with Crippen LogP contribution in [0.5, 0.6) is 0 Å². The standard InChI is InChI=1S/C19H20F3N3O3S/c1-19(2)7-9(5-6-28-19)25-17-13(18(27)24-25)16(29-8-12(26)23-17)10-3-4-11(20)15(22)14(10)21/h3-4,9,16H,5-8H2,1-2H3,(H,23,26)(H,24,27). The third-order valence-electron chi connectivity index (χ3n) is 5.25. The van der Waals surface area contributed by atoms with Gasteiger partial charge < -0.3 is 10.1 Å². The minimum absolute atomic E-state index is 0.0590. The normalized spacial score (nSPS) is 24.0. The van der Waals surface area contributed by atoms with Crippen molar-refractivity contribution in [1.29, 1.82) is 0 Å². The first-order valence-electron chi connectivity index (χ1n) is 9.21. The van der Waals surface area contributed by atoms with Gasteiger partial charge in [-0.3, -0.25) is 19.4 Å². The Balaban J connectivity index is 1.84. The Morgan fingerprint density at radius 3 is 2.69 bits per heavy atom. The van der Waals surface area contributed by atoms with Gasteiger partial charge in [0.1, 0.15) is 5.82 Å². The molecule has 2 unspecified atom stereocenters. The molecule has 0 aliphatic carbocycles. The number of hydrogen-bond donors (Lipinski definition) is 2. The number of benzene rings is 1. The van der Waals surface area contributed by atoms with Gasteiger partial charge in [-0.1, -0.05) is 6.07 Å². The van der Waals surface area contributed by atoms with Crippen molar-refractivity contribution in [2.75, 3.05) is 17.7 Å². The third-order valence-corrected chi connectivity index (χ3v) is 6.50. The maximum atomic E-state index is 14.5. The van der Waals surface area contributed by atoms with Crippen LogP contribution in [0, 0.1) is 17.5 Å². The molecule has 10 heteroatoms. The van der Waals surface area contributed by atoms with E-state index < -0.39 is 33.9 Å². The summed E-state index contributed by atoms with van der Waals surface area (Å²) >= 11 is 0.991. The second-order valence-corrected chi connectivity index (χ2v) is 8.93. The quantitative estimate of drug-likeness (QED) is 0.720. The van der Waals surface area contributed by atoms with Crippen molar-refractivity contribution < 1.29 is 22.7 Å². The minimum atomic E-state index is -1.60. The molecule has 1 aromatic carbocycles. The van der Waals surface area contributed by atoms with E-state index in [4.69, 9.17) is 4.74 Å². The average molecular weight is 427 g/mol. The Labute approximate surface area is 168 Å². The number of carbonyl (C=O) groups excluding carboxylic acids is 1. The Kier molecular flexibility index (Phi) is 5.02. The summed E-state index contributed by atoms with van der Waals surface area (Å²) in [5, 5.41) is 4.50. The summed E-state index contributed by atoms with van der Waals surface area (Å²) in [5.74, 6) is -4.45. The molecular weight excluding hydrogens is 407 g/mol. The lowest BCUT2D eigenvalue weighted by atomic mass is 9.94. The molecule has 2 aromatic rings. The lowest BCUT2D eigenvalue weighted by Crippen LogP contribution is -2.36. The van der Waals surface area contributed by atoms with Crippen molar-refractivity contribution in [3.63, 3.8) is 0 Å². The predicted octanol–water partition coefficient (Wildman–Crippen LogP) is 3.50. The first kappa shape index (κ1) is 20.1. The second kappa shape index (κ2) is 7.24. The molecule has 2 aliphatic rings. The summed E-state index contributed by atoms with van der Waals surface area (Å²) in [6.45, 7) is 4.36. The van der Waals surface area contributed by atoms with Gasteiger partial charge in [0.05, 0.1) is 28.2 Å². The fraction of sp³-hybridized carbons (Fsp3) is 0.474. The van der Waals surface area contributed by atoms with Crippen LogP contribution in [0.15, 0.2) is 16.9 Å². The van der Waals surface area contributed by atoms with Crippen LogP contribution in [0.4, 0.5) is 19.0 Å². The predicted molar refractivity (Wildman–Crippen MR) is 103 cm³/mol. The highest BCUT2D eigenvalue weighted by molar-refractivity contribution is 8.00. The summed E-state index contributed by atoms with van der Waals surface area (Å²) in [6, 6.07) is 1.79. The topological polar surface area (TPSA) is 76.1 Å². The number of rotatable bonds is 2. The number of ether oxygens (including phenoxy) is 1. The fourth-order valence-corrected chi connectivity index (χ4v) is 5.06. The van der Waals surface area contributed by atoms with E-state index in [0.717, 1.165) is 23.9 Å². The number of nitrogens with zero attached hydrogens (tertiary/aromatic N) is 1. The van der Waals surface area contributed by atoms with Crippen molar-refractivity contribution in [2.45, 2.75) is 43.6 Å². The van der Waals surface area contributed by atoms with Gasteiger partial charge in [-0.2, -0.15) is 0 Å². The minimum Gasteiger partial charge on any atom is -0.375 e. The SMILES string of the molecule is CC1(C)CC(n2[nH]c(=O)c3c2NC(=O)CSC3c2ccc(F)c(F)c2F)CCO1. The molecule has 1 fully saturated rings. The Morgan fingerprint density at radius 1 is 1.21 bits per heavy atom. The number of H-pyrrole nitrogens is 1. The molecule has 3 heterocycles. The zero-order chi connectivity index (χ0) is 20.9. The highest BCUT2D eigenvalue weighted by Gasteiger charge is 2.37. The van der Waals surface area contributed by atoms with E-state index in [0.29, 0.717) is 19.4 Å². The number of aromatic amines is 1. The van der Waals surface area contributed by atoms with Gasteiger partial charge in [0.2, 0.25) is 5.91 Å². The highest BCUT2D eigenvalue weighted by Crippen LogP contribution is 2.43. The Bertz CT molecular complexity index is 1030. The summed E-state index contributed by atoms with van der Waals surface area (Å²) in [7, 11) is 0. The van der Waals surface area contributed by atoms with Crippen LogP contribution in [0.1, 0.15) is 49.1 Å². The Morgan fingerprint density at radius 2 is 1.97 bits per heavy atom. The van der Waals surface area contributed by atoms with Crippen LogP contribution >= 0.6 is 11.8 Å². The molecule has 29 heavy (non-hydrogen) atoms. The van der Waals surface area contributed by atoms with Crippen LogP contribution in [-0.2, 0) is 9.53 Å². The number of thioether (sulfide) groups is 1. The van der Waals surface area contributed by atoms with Gasteiger partial charge in [0.25, 0.3) is 5.56 Å². The molecule has 0 saturated carbocycles. The van der Waals surface area contributed by atoms with E-state index in [-0.39, 0.29) is 34.6 Å². The number of hydrogen-bond acceptors (Lipinski definition) is 4. The molecule has 2 N–H and O–H groups in total. The van der Waals surface area contributed by atoms with Gasteiger partial charge in [-0.25, -0.2) is 13.2 Å². The van der Waals surface area contributed by atoms with E-state index in [2.05, 4.69) is 10.4 Å². The molecule has 1 aromatic heterocycles. The number of carbonyl (C=O) groups is 1. The average Bonchev–Trinajstić information content (AvgIpc) is 2.86. The van der Waals surface area contributed by atoms with Crippen molar-refractivity contribution in [3.05, 3.63) is 51.1 Å². The molecule has 2 atom stereocenters. The van der Waals surface area contributed by atoms with Crippen molar-refractivity contribution in [1.82, 2.24) is 9.78 Å². The highest BCUT2D eigenvalue weighted by atomic mass is 32.2. The number of nitrogens with one attached hydrogen (secondary N) is 2. The van der Waals surface area contributed by atoms with Crippen LogP contribution in [0.2, 0.25) is 0 Å². The monoisotopic (exact) mass is 427 g/mol. The number of aromatic nitrogens is 2. The van der Waals surface area contributed by atoms with Gasteiger partial charge in [0, 0.05) is 12.2 Å². The lowest BCUT2D eigenvalue weighted by Gasteiger charge is -2.36. The molecule has 6 nitrogen and oxygen atoms in total. The fourth-order valence-electron chi connectivity index (χ4n) is 3.93. The Hall–Kier alpha value is -2.20. The summed E-state index contributed by atoms with van der Waals surface area (Å²) in [5.41, 5.74) is -0.975. The molecule has 1 amide bonds. The number of halogens is 3. The van der Waals surface area contributed by atoms with E-state index in [1.54, 1.807) is 4.68 Å². The summed E-state index contributed by atoms with van der Waals surface area (Å²) < 4.78 is 49.0. The number of amides is 1. The van der Waals surface area contributed by atoms with Crippen LogP contribution in [0.25, 0.3) is 0 Å². The molecule has 0 spiro atoms. The second-order valence-electron chi connectivity index (χ2n) is 7.83. The lowest BCUT2D eigenvalue weighted by molar-refractivity contribution is -0.113. The molecule has 0 bridgehead atoms. The summed E-state index contributed by atoms with van der Waals surface area (Å²) in [4.78, 5) is 25.1. The van der Waals surface area contributed by atoms with Crippen molar-refractivity contribution in [3.8, 4) is 0 Å². The molecule has 0 radical (unpaired) electrons. The van der Waals surface area contributed by atoms with Gasteiger partial charge in [-0.15, -0.1) is 11.8 Å². The smallest absolute Gasteiger partial charge is 0.270 e. The third kappa shape index (κ3) is 3.59. The van der Waals surface area contributed by atoms with Gasteiger partial charge in [0.15, 0.2) is 17.5 Å². The number of anilines is 1. The van der Waals surface area contributed by atoms with E-state index in [1.807, 2.05) is 13.8 Å². The number of fused-ring (bicyclic) bond motifs is 1. The van der Waals surface area contributed by atoms with E-state index in [1.165, 1.54) is 0 Å². The maximum Gasteiger partial charge on any atom is 0.270 e. The van der Waals surface area contributed by atoms with Gasteiger partial charge >= 0.3 is 0 Å². The van der Waals surface area contributed by atoms with Crippen molar-refractivity contribution >= 4 is 23.5 Å². The van der Waals surface area contributed by atoms with Crippen LogP contribution in [0.3, 0.4) is 0 Å².